The number of halogens is 1. The number of benzene rings is 1. The van der Waals surface area contributed by atoms with E-state index in [2.05, 4.69) is 13.2 Å². The monoisotopic (exact) mass is 517 g/mol. The summed E-state index contributed by atoms with van der Waals surface area (Å²) in [7, 11) is 1.72. The van der Waals surface area contributed by atoms with Crippen LogP contribution in [0.25, 0.3) is 0 Å². The molecule has 3 saturated heterocycles. The van der Waals surface area contributed by atoms with Gasteiger partial charge in [-0.1, -0.05) is 23.8 Å². The normalized spacial score (nSPS) is 29.6. The molecule has 3 aliphatic heterocycles. The fourth-order valence-electron chi connectivity index (χ4n) is 5.97. The molecule has 7 nitrogen and oxygen atoms in total. The van der Waals surface area contributed by atoms with Gasteiger partial charge in [0.25, 0.3) is 5.91 Å². The Morgan fingerprint density at radius 3 is 2.51 bits per heavy atom. The molecular weight excluding hydrogens is 486 g/mol. The van der Waals surface area contributed by atoms with Crippen LogP contribution < -0.4 is 4.90 Å². The van der Waals surface area contributed by atoms with Crippen molar-refractivity contribution in [2.75, 3.05) is 31.6 Å². The third-order valence-corrected chi connectivity index (χ3v) is 9.70. The van der Waals surface area contributed by atoms with Crippen LogP contribution in [0.15, 0.2) is 49.6 Å². The number of hydrogen-bond acceptors (Lipinski definition) is 5. The van der Waals surface area contributed by atoms with E-state index < -0.39 is 28.7 Å². The van der Waals surface area contributed by atoms with Gasteiger partial charge in [-0.05, 0) is 44.0 Å². The smallest absolute Gasteiger partial charge is 0.251 e. The Kier molecular flexibility index (Phi) is 7.36. The number of aliphatic hydroxyl groups is 1. The van der Waals surface area contributed by atoms with Gasteiger partial charge < -0.3 is 19.8 Å². The lowest BCUT2D eigenvalue weighted by molar-refractivity contribution is -0.144. The maximum atomic E-state index is 14.3. The molecule has 188 valence electrons. The van der Waals surface area contributed by atoms with Crippen LogP contribution in [0.3, 0.4) is 0 Å². The number of hydrogen-bond donors (Lipinski definition) is 1. The first-order valence-corrected chi connectivity index (χ1v) is 13.1. The summed E-state index contributed by atoms with van der Waals surface area (Å²) in [5.74, 6) is -1.65. The molecule has 3 aliphatic rings. The number of nitrogens with zero attached hydrogens (tertiary/aromatic N) is 3. The number of fused-ring (bicyclic) bond motifs is 1. The van der Waals surface area contributed by atoms with Gasteiger partial charge in [0, 0.05) is 36.1 Å². The van der Waals surface area contributed by atoms with Gasteiger partial charge >= 0.3 is 0 Å². The minimum atomic E-state index is -0.796. The van der Waals surface area contributed by atoms with E-state index in [0.29, 0.717) is 23.7 Å². The van der Waals surface area contributed by atoms with Crippen molar-refractivity contribution >= 4 is 46.8 Å². The van der Waals surface area contributed by atoms with Crippen LogP contribution in [0.1, 0.15) is 19.8 Å². The second-order valence-corrected chi connectivity index (χ2v) is 11.6. The summed E-state index contributed by atoms with van der Waals surface area (Å²) in [5, 5.41) is 10.6. The van der Waals surface area contributed by atoms with E-state index in [1.165, 1.54) is 0 Å². The number of carbonyl (C=O) groups is 3. The highest BCUT2D eigenvalue weighted by Crippen LogP contribution is 2.67. The number of likely N-dealkylation sites (tertiary alicyclic amines) is 1. The van der Waals surface area contributed by atoms with Gasteiger partial charge in [-0.15, -0.1) is 24.9 Å². The molecule has 35 heavy (non-hydrogen) atoms. The Hall–Kier alpha value is -2.29. The second kappa shape index (κ2) is 9.99. The number of aliphatic hydroxyl groups excluding tert-OH is 1. The summed E-state index contributed by atoms with van der Waals surface area (Å²) in [6.07, 6.45) is 4.74. The van der Waals surface area contributed by atoms with Gasteiger partial charge in [-0.2, -0.15) is 0 Å². The predicted octanol–water partition coefficient (Wildman–Crippen LogP) is 2.98. The maximum Gasteiger partial charge on any atom is 0.251 e. The Labute approximate surface area is 215 Å². The maximum absolute atomic E-state index is 14.3. The van der Waals surface area contributed by atoms with Crippen molar-refractivity contribution in [3.05, 3.63) is 54.6 Å². The van der Waals surface area contributed by atoms with Gasteiger partial charge in [0.1, 0.15) is 6.04 Å². The van der Waals surface area contributed by atoms with E-state index >= 15 is 0 Å². The van der Waals surface area contributed by atoms with E-state index in [1.807, 2.05) is 0 Å². The summed E-state index contributed by atoms with van der Waals surface area (Å²) in [6, 6.07) is 5.62. The molecule has 9 heteroatoms. The van der Waals surface area contributed by atoms with Crippen molar-refractivity contribution in [3.63, 3.8) is 0 Å². The summed E-state index contributed by atoms with van der Waals surface area (Å²) in [6.45, 7) is 9.66. The summed E-state index contributed by atoms with van der Waals surface area (Å²) < 4.78 is -0.719. The third-order valence-electron chi connectivity index (χ3n) is 7.49. The first-order valence-electron chi connectivity index (χ1n) is 11.9. The summed E-state index contributed by atoms with van der Waals surface area (Å²) in [4.78, 5) is 46.4. The molecule has 1 aromatic rings. The zero-order chi connectivity index (χ0) is 25.5. The molecule has 0 saturated carbocycles. The van der Waals surface area contributed by atoms with E-state index in [0.717, 1.165) is 6.42 Å². The fourth-order valence-corrected chi connectivity index (χ4v) is 8.29. The van der Waals surface area contributed by atoms with Gasteiger partial charge in [0.05, 0.1) is 29.2 Å². The van der Waals surface area contributed by atoms with Crippen molar-refractivity contribution in [2.45, 2.75) is 41.8 Å². The van der Waals surface area contributed by atoms with Gasteiger partial charge in [-0.3, -0.25) is 14.4 Å². The van der Waals surface area contributed by atoms with Crippen LogP contribution in [0, 0.1) is 11.8 Å². The quantitative estimate of drug-likeness (QED) is 0.509. The molecule has 1 spiro atoms. The Balaban J connectivity index is 1.78. The second-order valence-electron chi connectivity index (χ2n) is 9.55. The third kappa shape index (κ3) is 4.09. The highest BCUT2D eigenvalue weighted by atomic mass is 35.5. The highest BCUT2D eigenvalue weighted by molar-refractivity contribution is 8.02. The zero-order valence-electron chi connectivity index (χ0n) is 20.1. The van der Waals surface area contributed by atoms with Crippen LogP contribution in [0.4, 0.5) is 5.69 Å². The minimum absolute atomic E-state index is 0.0195. The molecule has 3 amide bonds. The van der Waals surface area contributed by atoms with E-state index in [1.54, 1.807) is 76.9 Å². The molecule has 0 aliphatic carbocycles. The first kappa shape index (κ1) is 25.8. The molecule has 1 N–H and O–H groups in total. The summed E-state index contributed by atoms with van der Waals surface area (Å²) >= 11 is 7.68. The SMILES string of the molecule is C=CCN(C)C(=O)[C@@H]1[C@H]2C(=O)N([C@H](C)CO)C(C(=O)N(CC=C)c3ccc(Cl)cc3)C23CC[C@H]1S3. The largest absolute Gasteiger partial charge is 0.394 e. The average molecular weight is 518 g/mol. The van der Waals surface area contributed by atoms with E-state index in [-0.39, 0.29) is 36.1 Å². The Morgan fingerprint density at radius 1 is 1.26 bits per heavy atom. The molecule has 3 fully saturated rings. The van der Waals surface area contributed by atoms with Crippen molar-refractivity contribution in [1.82, 2.24) is 9.80 Å². The number of anilines is 1. The first-order chi connectivity index (χ1) is 16.7. The number of likely N-dealkylation sites (N-methyl/N-ethyl adjacent to an activating group) is 1. The van der Waals surface area contributed by atoms with Crippen LogP contribution in [0.2, 0.25) is 5.02 Å². The van der Waals surface area contributed by atoms with Crippen molar-refractivity contribution in [2.24, 2.45) is 11.8 Å². The van der Waals surface area contributed by atoms with Gasteiger partial charge in [-0.25, -0.2) is 0 Å². The number of thioether (sulfide) groups is 1. The predicted molar refractivity (Wildman–Crippen MR) is 139 cm³/mol. The summed E-state index contributed by atoms with van der Waals surface area (Å²) in [5.41, 5.74) is 0.652. The molecule has 2 bridgehead atoms. The van der Waals surface area contributed by atoms with E-state index in [4.69, 9.17) is 11.6 Å². The lowest BCUT2D eigenvalue weighted by Gasteiger charge is -2.39. The van der Waals surface area contributed by atoms with Gasteiger partial charge in [0.2, 0.25) is 11.8 Å². The van der Waals surface area contributed by atoms with Crippen molar-refractivity contribution in [3.8, 4) is 0 Å². The lowest BCUT2D eigenvalue weighted by Crippen LogP contribution is -2.57. The molecule has 1 aromatic carbocycles. The number of carbonyl (C=O) groups excluding carboxylic acids is 3. The molecule has 2 unspecified atom stereocenters. The molecule has 3 heterocycles. The number of amides is 3. The number of rotatable bonds is 9. The fraction of sp³-hybridized carbons (Fsp3) is 0.500. The molecule has 0 aromatic heterocycles. The molecule has 6 atom stereocenters. The minimum Gasteiger partial charge on any atom is -0.394 e. The lowest BCUT2D eigenvalue weighted by atomic mass is 9.70. The molecule has 4 rings (SSSR count). The van der Waals surface area contributed by atoms with E-state index in [9.17, 15) is 19.5 Å². The molecule has 0 radical (unpaired) electrons. The van der Waals surface area contributed by atoms with Crippen LogP contribution in [-0.4, -0.2) is 81.5 Å². The Morgan fingerprint density at radius 2 is 1.91 bits per heavy atom. The zero-order valence-corrected chi connectivity index (χ0v) is 21.7. The topological polar surface area (TPSA) is 81.2 Å². The van der Waals surface area contributed by atoms with Crippen LogP contribution >= 0.6 is 23.4 Å². The average Bonchev–Trinajstić information content (AvgIpc) is 3.49. The highest BCUT2D eigenvalue weighted by Gasteiger charge is 2.74. The van der Waals surface area contributed by atoms with Crippen LogP contribution in [-0.2, 0) is 14.4 Å². The van der Waals surface area contributed by atoms with Crippen molar-refractivity contribution < 1.29 is 19.5 Å². The van der Waals surface area contributed by atoms with Crippen LogP contribution in [0.5, 0.6) is 0 Å². The molecular formula is C26H32ClN3O4S. The van der Waals surface area contributed by atoms with Crippen molar-refractivity contribution in [1.29, 1.82) is 0 Å². The van der Waals surface area contributed by atoms with Gasteiger partial charge in [0.15, 0.2) is 0 Å². The standard InChI is InChI=1S/C26H32ClN3O4S/c1-5-13-28(4)23(32)20-19-11-12-26(35-19)21(20)24(33)30(16(3)15-31)22(26)25(34)29(14-6-2)18-9-7-17(27)8-10-18/h5-10,16,19-22,31H,1-2,11-15H2,3-4H3/t16-,19-,20+,21+,22?,26?/m1/s1. The Bertz CT molecular complexity index is 1030.